The van der Waals surface area contributed by atoms with E-state index in [1.165, 1.54) is 23.1 Å². The van der Waals surface area contributed by atoms with E-state index in [1.807, 2.05) is 24.0 Å². The van der Waals surface area contributed by atoms with E-state index in [4.69, 9.17) is 18.9 Å². The van der Waals surface area contributed by atoms with Crippen molar-refractivity contribution >= 4 is 41.2 Å². The van der Waals surface area contributed by atoms with Gasteiger partial charge in [0.05, 0.1) is 30.2 Å². The monoisotopic (exact) mass is 803 g/mol. The molecule has 0 aromatic heterocycles. The van der Waals surface area contributed by atoms with Crippen LogP contribution in [-0.4, -0.2) is 117 Å². The van der Waals surface area contributed by atoms with E-state index in [2.05, 4.69) is 22.6 Å². The van der Waals surface area contributed by atoms with E-state index < -0.39 is 36.1 Å². The van der Waals surface area contributed by atoms with Crippen molar-refractivity contribution in [3.8, 4) is 17.2 Å². The van der Waals surface area contributed by atoms with Gasteiger partial charge < -0.3 is 49.4 Å². The lowest BCUT2D eigenvalue weighted by Gasteiger charge is -2.32. The van der Waals surface area contributed by atoms with Crippen molar-refractivity contribution in [1.82, 2.24) is 15.1 Å². The van der Waals surface area contributed by atoms with Crippen LogP contribution >= 0.6 is 0 Å². The molecule has 314 valence electrons. The van der Waals surface area contributed by atoms with Crippen LogP contribution in [0.15, 0.2) is 60.7 Å². The first-order chi connectivity index (χ1) is 27.6. The maximum absolute atomic E-state index is 13.9. The minimum absolute atomic E-state index is 0.0203. The molecule has 0 radical (unpaired) electrons. The number of alkyl carbamates (subject to hydrolysis) is 1. The van der Waals surface area contributed by atoms with Gasteiger partial charge in [-0.25, -0.2) is 9.59 Å². The third-order valence-corrected chi connectivity index (χ3v) is 9.14. The van der Waals surface area contributed by atoms with Crippen LogP contribution in [0.25, 0.3) is 0 Å². The number of likely N-dealkylation sites (N-methyl/N-ethyl adjacent to an activating group) is 1. The number of unbranched alkanes of at least 4 members (excludes halogenated alkanes) is 2. The Morgan fingerprint density at radius 3 is 2.24 bits per heavy atom. The highest BCUT2D eigenvalue weighted by Crippen LogP contribution is 2.33. The number of carboxylic acids is 1. The number of ether oxygens (including phenoxy) is 4. The number of carbonyl (C=O) groups excluding carboxylic acids is 4. The molecular weight excluding hydrogens is 746 g/mol. The number of carboxylic acid groups (broad SMARTS) is 1. The molecule has 0 saturated carbocycles. The van der Waals surface area contributed by atoms with Gasteiger partial charge in [-0.15, -0.1) is 0 Å². The lowest BCUT2D eigenvalue weighted by molar-refractivity contribution is -0.139. The molecule has 3 aromatic carbocycles. The van der Waals surface area contributed by atoms with Crippen LogP contribution < -0.4 is 29.7 Å². The van der Waals surface area contributed by atoms with Gasteiger partial charge in [-0.05, 0) is 108 Å². The van der Waals surface area contributed by atoms with E-state index in [9.17, 15) is 29.1 Å². The molecule has 1 aliphatic rings. The Hall–Kier alpha value is -5.83. The maximum Gasteiger partial charge on any atom is 0.407 e. The van der Waals surface area contributed by atoms with E-state index in [1.54, 1.807) is 58.2 Å². The number of hydrogen-bond acceptors (Lipinski definition) is 10. The van der Waals surface area contributed by atoms with E-state index in [-0.39, 0.29) is 35.1 Å². The Morgan fingerprint density at radius 2 is 1.52 bits per heavy atom. The number of para-hydroxylation sites is 1. The third-order valence-electron chi connectivity index (χ3n) is 9.14. The highest BCUT2D eigenvalue weighted by Gasteiger charge is 2.22. The fraction of sp³-hybridized carbons (Fsp3) is 0.465. The fourth-order valence-corrected chi connectivity index (χ4v) is 6.01. The second kappa shape index (κ2) is 21.6. The summed E-state index contributed by atoms with van der Waals surface area (Å²) in [7, 11) is 3.67. The summed E-state index contributed by atoms with van der Waals surface area (Å²) in [4.78, 5) is 69.0. The number of rotatable bonds is 19. The number of benzene rings is 3. The van der Waals surface area contributed by atoms with Crippen LogP contribution in [-0.2, 0) is 14.3 Å². The predicted molar refractivity (Wildman–Crippen MR) is 220 cm³/mol. The van der Waals surface area contributed by atoms with Crippen LogP contribution in [0.4, 0.5) is 16.2 Å². The zero-order valence-corrected chi connectivity index (χ0v) is 34.4. The summed E-state index contributed by atoms with van der Waals surface area (Å²) in [5.74, 6) is -1.23. The molecule has 58 heavy (non-hydrogen) atoms. The molecule has 3 aromatic rings. The highest BCUT2D eigenvalue weighted by atomic mass is 16.6. The summed E-state index contributed by atoms with van der Waals surface area (Å²) in [6.45, 7) is 10.8. The normalized spacial score (nSPS) is 13.0. The lowest BCUT2D eigenvalue weighted by Crippen LogP contribution is -2.47. The van der Waals surface area contributed by atoms with Crippen LogP contribution in [0.3, 0.4) is 0 Å². The fourth-order valence-electron chi connectivity index (χ4n) is 6.01. The van der Waals surface area contributed by atoms with Crippen molar-refractivity contribution in [2.24, 2.45) is 0 Å². The molecule has 0 atom stereocenters. The molecule has 0 spiro atoms. The number of aryl methyl sites for hydroxylation is 1. The molecule has 4 amide bonds. The van der Waals surface area contributed by atoms with Crippen molar-refractivity contribution in [2.75, 3.05) is 76.9 Å². The van der Waals surface area contributed by atoms with Crippen LogP contribution in [0.2, 0.25) is 0 Å². The van der Waals surface area contributed by atoms with Gasteiger partial charge in [0.25, 0.3) is 11.8 Å². The first kappa shape index (κ1) is 44.9. The van der Waals surface area contributed by atoms with E-state index >= 15 is 0 Å². The molecule has 1 heterocycles. The van der Waals surface area contributed by atoms with Gasteiger partial charge in [0.1, 0.15) is 22.8 Å². The zero-order valence-electron chi connectivity index (χ0n) is 34.4. The van der Waals surface area contributed by atoms with E-state index in [0.717, 1.165) is 51.0 Å². The quantitative estimate of drug-likeness (QED) is 0.121. The largest absolute Gasteiger partial charge is 0.493 e. The average Bonchev–Trinajstić information content (AvgIpc) is 3.17. The van der Waals surface area contributed by atoms with Gasteiger partial charge >= 0.3 is 12.1 Å². The van der Waals surface area contributed by atoms with Crippen molar-refractivity contribution in [3.05, 3.63) is 77.4 Å². The maximum atomic E-state index is 13.9. The van der Waals surface area contributed by atoms with Crippen molar-refractivity contribution in [2.45, 2.75) is 65.4 Å². The summed E-state index contributed by atoms with van der Waals surface area (Å²) < 4.78 is 22.8. The minimum Gasteiger partial charge on any atom is -0.493 e. The molecule has 1 saturated heterocycles. The van der Waals surface area contributed by atoms with Crippen LogP contribution in [0.5, 0.6) is 17.2 Å². The number of nitrogens with zero attached hydrogens (tertiary/aromatic N) is 3. The Bertz CT molecular complexity index is 1890. The molecular formula is C43H57N5O10. The first-order valence-electron chi connectivity index (χ1n) is 19.6. The molecule has 4 rings (SSSR count). The average molecular weight is 804 g/mol. The summed E-state index contributed by atoms with van der Waals surface area (Å²) in [6, 6.07) is 16.5. The SMILES string of the molecule is Cc1ccc(N(C)C(=O)c2ccc(NC(=O)c3ccccc3OCCCNC(=O)OC(C)(C)C)c(OCC(=O)O)c2)c(OCCCCCC(=O)N2CCN(C)CC2)c1. The van der Waals surface area contributed by atoms with Gasteiger partial charge in [0.15, 0.2) is 6.61 Å². The van der Waals surface area contributed by atoms with Crippen LogP contribution in [0.1, 0.15) is 79.2 Å². The zero-order chi connectivity index (χ0) is 42.2. The standard InChI is InChI=1S/C43H57N5O10/c1-30-16-19-34(37(27-30)56-25-11-7-8-15-38(49)48-23-21-46(5)22-24-48)47(6)41(53)31-17-18-33(36(28-31)57-29-39(50)51)45-40(52)32-13-9-10-14-35(32)55-26-12-20-44-42(54)58-43(2,3)4/h9-10,13-14,16-19,27-28H,7-8,11-12,15,20-26,29H2,1-6H3,(H,44,54)(H,45,52)(H,50,51). The number of anilines is 2. The number of amides is 4. The molecule has 1 fully saturated rings. The van der Waals surface area contributed by atoms with Gasteiger partial charge in [0.2, 0.25) is 5.91 Å². The Balaban J connectivity index is 1.37. The second-order valence-electron chi connectivity index (χ2n) is 15.2. The number of nitrogens with one attached hydrogen (secondary N) is 2. The number of piperazine rings is 1. The van der Waals surface area contributed by atoms with Gasteiger partial charge in [-0.3, -0.25) is 14.4 Å². The molecule has 15 nitrogen and oxygen atoms in total. The summed E-state index contributed by atoms with van der Waals surface area (Å²) in [5.41, 5.74) is 1.40. The van der Waals surface area contributed by atoms with Crippen LogP contribution in [0, 0.1) is 6.92 Å². The van der Waals surface area contributed by atoms with Gasteiger partial charge in [-0.2, -0.15) is 0 Å². The molecule has 0 aliphatic carbocycles. The molecule has 15 heteroatoms. The second-order valence-corrected chi connectivity index (χ2v) is 15.2. The molecule has 3 N–H and O–H groups in total. The first-order valence-corrected chi connectivity index (χ1v) is 19.6. The summed E-state index contributed by atoms with van der Waals surface area (Å²) >= 11 is 0. The topological polar surface area (TPSA) is 176 Å². The highest BCUT2D eigenvalue weighted by molar-refractivity contribution is 6.09. The van der Waals surface area contributed by atoms with Gasteiger partial charge in [-0.1, -0.05) is 18.2 Å². The number of aliphatic carboxylic acids is 1. The lowest BCUT2D eigenvalue weighted by atomic mass is 10.1. The van der Waals surface area contributed by atoms with Crippen molar-refractivity contribution in [1.29, 1.82) is 0 Å². The minimum atomic E-state index is -1.24. The molecule has 0 bridgehead atoms. The molecule has 0 unspecified atom stereocenters. The summed E-state index contributed by atoms with van der Waals surface area (Å²) in [5, 5.41) is 14.8. The number of hydrogen-bond donors (Lipinski definition) is 3. The smallest absolute Gasteiger partial charge is 0.407 e. The van der Waals surface area contributed by atoms with Gasteiger partial charge in [0, 0.05) is 51.8 Å². The third kappa shape index (κ3) is 14.3. The summed E-state index contributed by atoms with van der Waals surface area (Å²) in [6.07, 6.45) is 2.76. The van der Waals surface area contributed by atoms with E-state index in [0.29, 0.717) is 43.2 Å². The molecule has 1 aliphatic heterocycles. The number of carbonyl (C=O) groups is 5. The predicted octanol–water partition coefficient (Wildman–Crippen LogP) is 5.99. The Labute approximate surface area is 340 Å². The Kier molecular flexibility index (Phi) is 16.7. The van der Waals surface area contributed by atoms with Crippen molar-refractivity contribution in [3.63, 3.8) is 0 Å². The Morgan fingerprint density at radius 1 is 0.810 bits per heavy atom. The van der Waals surface area contributed by atoms with Crippen molar-refractivity contribution < 1.29 is 48.0 Å².